The standard InChI is InChI=1S/C12H21N3O2S/c1-4-9(3)10-8-18-12(14-10)15-11(16)13-6-7-17-5-2/h8-9H,4-7H2,1-3H3,(H2,13,14,15,16)/t9-/m1/s1. The summed E-state index contributed by atoms with van der Waals surface area (Å²) >= 11 is 1.45. The molecule has 1 atom stereocenters. The van der Waals surface area contributed by atoms with Gasteiger partial charge in [-0.2, -0.15) is 0 Å². The third-order valence-electron chi connectivity index (χ3n) is 2.60. The first-order valence-corrected chi connectivity index (χ1v) is 7.13. The van der Waals surface area contributed by atoms with E-state index in [9.17, 15) is 4.79 Å². The van der Waals surface area contributed by atoms with Crippen molar-refractivity contribution in [3.8, 4) is 0 Å². The Morgan fingerprint density at radius 2 is 2.33 bits per heavy atom. The van der Waals surface area contributed by atoms with Gasteiger partial charge in [-0.25, -0.2) is 9.78 Å². The van der Waals surface area contributed by atoms with Crippen LogP contribution in [0.25, 0.3) is 0 Å². The Kier molecular flexibility index (Phi) is 6.67. The third kappa shape index (κ3) is 5.01. The Balaban J connectivity index is 2.33. The van der Waals surface area contributed by atoms with Crippen LogP contribution in [0, 0.1) is 0 Å². The summed E-state index contributed by atoms with van der Waals surface area (Å²) in [6.07, 6.45) is 1.05. The van der Waals surface area contributed by atoms with Crippen molar-refractivity contribution < 1.29 is 9.53 Å². The quantitative estimate of drug-likeness (QED) is 0.750. The summed E-state index contributed by atoms with van der Waals surface area (Å²) in [6, 6.07) is -0.236. The Hall–Kier alpha value is -1.14. The molecule has 5 nitrogen and oxygen atoms in total. The summed E-state index contributed by atoms with van der Waals surface area (Å²) in [5.74, 6) is 0.429. The number of thiazole rings is 1. The van der Waals surface area contributed by atoms with Gasteiger partial charge in [-0.1, -0.05) is 13.8 Å². The molecular formula is C12H21N3O2S. The molecule has 0 saturated carbocycles. The van der Waals surface area contributed by atoms with Gasteiger partial charge in [0.1, 0.15) is 0 Å². The zero-order valence-corrected chi connectivity index (χ0v) is 12.0. The van der Waals surface area contributed by atoms with Crippen molar-refractivity contribution in [2.75, 3.05) is 25.1 Å². The Morgan fingerprint density at radius 1 is 1.56 bits per heavy atom. The van der Waals surface area contributed by atoms with Gasteiger partial charge in [0.15, 0.2) is 5.13 Å². The van der Waals surface area contributed by atoms with Crippen LogP contribution in [-0.4, -0.2) is 30.8 Å². The first-order chi connectivity index (χ1) is 8.67. The van der Waals surface area contributed by atoms with Crippen molar-refractivity contribution in [3.05, 3.63) is 11.1 Å². The Bertz CT molecular complexity index is 368. The van der Waals surface area contributed by atoms with Gasteiger partial charge in [0.25, 0.3) is 0 Å². The molecule has 0 aliphatic heterocycles. The fourth-order valence-electron chi connectivity index (χ4n) is 1.30. The maximum absolute atomic E-state index is 11.5. The molecule has 0 aliphatic rings. The summed E-state index contributed by atoms with van der Waals surface area (Å²) in [4.78, 5) is 15.9. The largest absolute Gasteiger partial charge is 0.380 e. The number of anilines is 1. The predicted octanol–water partition coefficient (Wildman–Crippen LogP) is 2.81. The van der Waals surface area contributed by atoms with Gasteiger partial charge >= 0.3 is 6.03 Å². The fourth-order valence-corrected chi connectivity index (χ4v) is 2.13. The average Bonchev–Trinajstić information content (AvgIpc) is 2.82. The van der Waals surface area contributed by atoms with Crippen LogP contribution >= 0.6 is 11.3 Å². The normalized spacial score (nSPS) is 12.2. The number of rotatable bonds is 7. The second kappa shape index (κ2) is 8.05. The van der Waals surface area contributed by atoms with E-state index in [0.717, 1.165) is 12.1 Å². The molecule has 0 unspecified atom stereocenters. The van der Waals surface area contributed by atoms with Crippen LogP contribution in [0.5, 0.6) is 0 Å². The second-order valence-corrected chi connectivity index (χ2v) is 4.82. The van der Waals surface area contributed by atoms with Crippen LogP contribution < -0.4 is 10.6 Å². The van der Waals surface area contributed by atoms with E-state index >= 15 is 0 Å². The number of carbonyl (C=O) groups is 1. The molecule has 1 aromatic rings. The number of nitrogens with zero attached hydrogens (tertiary/aromatic N) is 1. The molecule has 0 fully saturated rings. The lowest BCUT2D eigenvalue weighted by Gasteiger charge is -2.05. The number of hydrogen-bond donors (Lipinski definition) is 2. The van der Waals surface area contributed by atoms with Crippen LogP contribution in [0.15, 0.2) is 5.38 Å². The Morgan fingerprint density at radius 3 is 3.00 bits per heavy atom. The van der Waals surface area contributed by atoms with E-state index in [1.54, 1.807) is 0 Å². The molecular weight excluding hydrogens is 250 g/mol. The van der Waals surface area contributed by atoms with Crippen LogP contribution in [0.3, 0.4) is 0 Å². The van der Waals surface area contributed by atoms with Gasteiger partial charge < -0.3 is 10.1 Å². The summed E-state index contributed by atoms with van der Waals surface area (Å²) in [6.45, 7) is 7.86. The van der Waals surface area contributed by atoms with Crippen LogP contribution in [0.2, 0.25) is 0 Å². The molecule has 0 aromatic carbocycles. The van der Waals surface area contributed by atoms with E-state index in [2.05, 4.69) is 29.5 Å². The minimum absolute atomic E-state index is 0.236. The molecule has 1 heterocycles. The number of carbonyl (C=O) groups excluding carboxylic acids is 1. The number of aromatic nitrogens is 1. The van der Waals surface area contributed by atoms with Crippen molar-refractivity contribution in [2.24, 2.45) is 0 Å². The third-order valence-corrected chi connectivity index (χ3v) is 3.37. The monoisotopic (exact) mass is 271 g/mol. The van der Waals surface area contributed by atoms with Gasteiger partial charge in [0, 0.05) is 18.5 Å². The van der Waals surface area contributed by atoms with E-state index in [-0.39, 0.29) is 6.03 Å². The van der Waals surface area contributed by atoms with Gasteiger partial charge in [-0.3, -0.25) is 5.32 Å². The molecule has 0 spiro atoms. The minimum Gasteiger partial charge on any atom is -0.380 e. The molecule has 0 bridgehead atoms. The molecule has 102 valence electrons. The zero-order valence-electron chi connectivity index (χ0n) is 11.2. The van der Waals surface area contributed by atoms with Crippen molar-refractivity contribution >= 4 is 22.5 Å². The number of ether oxygens (including phenoxy) is 1. The molecule has 6 heteroatoms. The molecule has 18 heavy (non-hydrogen) atoms. The molecule has 1 aromatic heterocycles. The van der Waals surface area contributed by atoms with Crippen LogP contribution in [-0.2, 0) is 4.74 Å². The average molecular weight is 271 g/mol. The minimum atomic E-state index is -0.236. The Labute approximate surface area is 112 Å². The van der Waals surface area contributed by atoms with Gasteiger partial charge in [-0.05, 0) is 19.3 Å². The topological polar surface area (TPSA) is 63.2 Å². The summed E-state index contributed by atoms with van der Waals surface area (Å²) in [5, 5.41) is 8.06. The molecule has 0 saturated heterocycles. The smallest absolute Gasteiger partial charge is 0.321 e. The first kappa shape index (κ1) is 14.9. The van der Waals surface area contributed by atoms with E-state index in [1.165, 1.54) is 11.3 Å². The highest BCUT2D eigenvalue weighted by molar-refractivity contribution is 7.13. The maximum atomic E-state index is 11.5. The van der Waals surface area contributed by atoms with E-state index < -0.39 is 0 Å². The predicted molar refractivity (Wildman–Crippen MR) is 74.3 cm³/mol. The van der Waals surface area contributed by atoms with E-state index in [0.29, 0.717) is 30.8 Å². The first-order valence-electron chi connectivity index (χ1n) is 6.25. The van der Waals surface area contributed by atoms with E-state index in [1.807, 2.05) is 12.3 Å². The fraction of sp³-hybridized carbons (Fsp3) is 0.667. The van der Waals surface area contributed by atoms with Crippen molar-refractivity contribution in [1.29, 1.82) is 0 Å². The number of hydrogen-bond acceptors (Lipinski definition) is 4. The SMILES string of the molecule is CCOCCNC(=O)Nc1nc([C@H](C)CC)cs1. The number of amides is 2. The lowest BCUT2D eigenvalue weighted by Crippen LogP contribution is -2.31. The lowest BCUT2D eigenvalue weighted by molar-refractivity contribution is 0.150. The molecule has 2 amide bonds. The van der Waals surface area contributed by atoms with Gasteiger partial charge in [0.05, 0.1) is 12.3 Å². The maximum Gasteiger partial charge on any atom is 0.321 e. The van der Waals surface area contributed by atoms with Crippen molar-refractivity contribution in [2.45, 2.75) is 33.1 Å². The highest BCUT2D eigenvalue weighted by Crippen LogP contribution is 2.23. The number of nitrogens with one attached hydrogen (secondary N) is 2. The lowest BCUT2D eigenvalue weighted by atomic mass is 10.1. The molecule has 2 N–H and O–H groups in total. The van der Waals surface area contributed by atoms with Gasteiger partial charge in [0.2, 0.25) is 0 Å². The summed E-state index contributed by atoms with van der Waals surface area (Å²) < 4.78 is 5.13. The van der Waals surface area contributed by atoms with Crippen LogP contribution in [0.1, 0.15) is 38.8 Å². The van der Waals surface area contributed by atoms with Gasteiger partial charge in [-0.15, -0.1) is 11.3 Å². The summed E-state index contributed by atoms with van der Waals surface area (Å²) in [7, 11) is 0. The van der Waals surface area contributed by atoms with Crippen molar-refractivity contribution in [3.63, 3.8) is 0 Å². The molecule has 1 rings (SSSR count). The van der Waals surface area contributed by atoms with Crippen LogP contribution in [0.4, 0.5) is 9.93 Å². The highest BCUT2D eigenvalue weighted by Gasteiger charge is 2.09. The second-order valence-electron chi connectivity index (χ2n) is 3.96. The molecule has 0 aliphatic carbocycles. The number of urea groups is 1. The zero-order chi connectivity index (χ0) is 13.4. The van der Waals surface area contributed by atoms with Crippen molar-refractivity contribution in [1.82, 2.24) is 10.3 Å². The highest BCUT2D eigenvalue weighted by atomic mass is 32.1. The molecule has 0 radical (unpaired) electrons. The van der Waals surface area contributed by atoms with E-state index in [4.69, 9.17) is 4.74 Å². The summed E-state index contributed by atoms with van der Waals surface area (Å²) in [5.41, 5.74) is 1.03.